The summed E-state index contributed by atoms with van der Waals surface area (Å²) in [4.78, 5) is 0. The van der Waals surface area contributed by atoms with Gasteiger partial charge >= 0.3 is 0 Å². The third-order valence-corrected chi connectivity index (χ3v) is 1.85. The predicted octanol–water partition coefficient (Wildman–Crippen LogP) is 2.47. The maximum Gasteiger partial charge on any atom is 0.107 e. The Hall–Kier alpha value is -1.70. The lowest BCUT2D eigenvalue weighted by Crippen LogP contribution is -2.06. The molecule has 0 bridgehead atoms. The van der Waals surface area contributed by atoms with Crippen LogP contribution >= 0.6 is 0 Å². The van der Waals surface area contributed by atoms with E-state index in [9.17, 15) is 0 Å². The molecule has 0 N–H and O–H groups in total. The van der Waals surface area contributed by atoms with Crippen molar-refractivity contribution < 1.29 is 4.74 Å². The van der Waals surface area contributed by atoms with Gasteiger partial charge in [0.2, 0.25) is 0 Å². The van der Waals surface area contributed by atoms with Gasteiger partial charge in [0.25, 0.3) is 0 Å². The summed E-state index contributed by atoms with van der Waals surface area (Å²) in [6.45, 7) is 2.32. The summed E-state index contributed by atoms with van der Waals surface area (Å²) in [6.07, 6.45) is 5.89. The predicted molar refractivity (Wildman–Crippen MR) is 62.2 cm³/mol. The van der Waals surface area contributed by atoms with Crippen LogP contribution in [0.5, 0.6) is 0 Å². The zero-order chi connectivity index (χ0) is 10.9. The molecule has 0 aromatic heterocycles. The molecule has 0 heterocycles. The lowest BCUT2D eigenvalue weighted by Gasteiger charge is -2.05. The third-order valence-electron chi connectivity index (χ3n) is 1.85. The van der Waals surface area contributed by atoms with Gasteiger partial charge in [0.05, 0.1) is 6.10 Å². The van der Waals surface area contributed by atoms with Crippen molar-refractivity contribution in [2.24, 2.45) is 0 Å². The number of benzene rings is 1. The van der Waals surface area contributed by atoms with Gasteiger partial charge in [-0.2, -0.15) is 0 Å². The minimum Gasteiger partial charge on any atom is -0.365 e. The Bertz CT molecular complexity index is 375. The number of terminal acetylenes is 1. The molecule has 76 valence electrons. The molecule has 0 saturated carbocycles. The van der Waals surface area contributed by atoms with Crippen molar-refractivity contribution in [2.75, 3.05) is 6.61 Å². The van der Waals surface area contributed by atoms with Crippen LogP contribution in [0.1, 0.15) is 18.9 Å². The molecule has 0 saturated heterocycles. The molecule has 1 rings (SSSR count). The van der Waals surface area contributed by atoms with E-state index in [1.165, 1.54) is 0 Å². The van der Waals surface area contributed by atoms with Gasteiger partial charge in [0.15, 0.2) is 0 Å². The molecule has 1 nitrogen and oxygen atoms in total. The fraction of sp³-hybridized carbons (Fsp3) is 0.286. The van der Waals surface area contributed by atoms with E-state index in [0.29, 0.717) is 13.0 Å². The minimum absolute atomic E-state index is 0.0947. The van der Waals surface area contributed by atoms with Crippen LogP contribution in [-0.2, 0) is 4.74 Å². The molecular weight excluding hydrogens is 184 g/mol. The normalized spacial score (nSPS) is 10.9. The zero-order valence-corrected chi connectivity index (χ0v) is 8.86. The number of ether oxygens (including phenoxy) is 1. The quantitative estimate of drug-likeness (QED) is 0.678. The van der Waals surface area contributed by atoms with Crippen molar-refractivity contribution in [2.45, 2.75) is 19.4 Å². The lowest BCUT2D eigenvalue weighted by molar-refractivity contribution is 0.0963. The van der Waals surface area contributed by atoms with Crippen molar-refractivity contribution >= 4 is 0 Å². The van der Waals surface area contributed by atoms with Crippen molar-refractivity contribution in [3.63, 3.8) is 0 Å². The van der Waals surface area contributed by atoms with Crippen LogP contribution in [0.25, 0.3) is 0 Å². The van der Waals surface area contributed by atoms with Crippen molar-refractivity contribution in [1.29, 1.82) is 0 Å². The SMILES string of the molecule is C#CCO[C@@H](C)CC#Cc1ccccc1. The molecule has 15 heavy (non-hydrogen) atoms. The summed E-state index contributed by atoms with van der Waals surface area (Å²) in [5.41, 5.74) is 1.03. The van der Waals surface area contributed by atoms with E-state index in [1.807, 2.05) is 37.3 Å². The van der Waals surface area contributed by atoms with E-state index in [-0.39, 0.29) is 6.10 Å². The van der Waals surface area contributed by atoms with Gasteiger partial charge in [0, 0.05) is 12.0 Å². The summed E-state index contributed by atoms with van der Waals surface area (Å²) < 4.78 is 5.29. The van der Waals surface area contributed by atoms with E-state index in [4.69, 9.17) is 11.2 Å². The van der Waals surface area contributed by atoms with Crippen LogP contribution in [0.3, 0.4) is 0 Å². The van der Waals surface area contributed by atoms with Crippen molar-refractivity contribution in [3.8, 4) is 24.2 Å². The summed E-state index contributed by atoms with van der Waals surface area (Å²) in [5, 5.41) is 0. The zero-order valence-electron chi connectivity index (χ0n) is 8.86. The Labute approximate surface area is 91.5 Å². The average molecular weight is 198 g/mol. The van der Waals surface area contributed by atoms with Crippen LogP contribution in [-0.4, -0.2) is 12.7 Å². The highest BCUT2D eigenvalue weighted by molar-refractivity contribution is 5.33. The van der Waals surface area contributed by atoms with E-state index in [1.54, 1.807) is 0 Å². The van der Waals surface area contributed by atoms with E-state index >= 15 is 0 Å². The summed E-state index contributed by atoms with van der Waals surface area (Å²) in [7, 11) is 0. The summed E-state index contributed by atoms with van der Waals surface area (Å²) in [6, 6.07) is 9.90. The average Bonchev–Trinajstić information content (AvgIpc) is 2.28. The van der Waals surface area contributed by atoms with Gasteiger partial charge in [-0.1, -0.05) is 36.0 Å². The van der Waals surface area contributed by atoms with E-state index in [2.05, 4.69) is 17.8 Å². The Kier molecular flexibility index (Phi) is 5.09. The Balaban J connectivity index is 2.37. The second-order valence-corrected chi connectivity index (χ2v) is 3.20. The lowest BCUT2D eigenvalue weighted by atomic mass is 10.2. The third kappa shape index (κ3) is 4.91. The number of rotatable bonds is 3. The maximum absolute atomic E-state index is 5.29. The number of hydrogen-bond acceptors (Lipinski definition) is 1. The van der Waals surface area contributed by atoms with Crippen molar-refractivity contribution in [3.05, 3.63) is 35.9 Å². The first-order valence-electron chi connectivity index (χ1n) is 4.92. The molecule has 1 aromatic rings. The van der Waals surface area contributed by atoms with Gasteiger partial charge in [-0.05, 0) is 19.1 Å². The first-order chi connectivity index (χ1) is 7.33. The molecule has 1 atom stereocenters. The van der Waals surface area contributed by atoms with Gasteiger partial charge in [0.1, 0.15) is 6.61 Å². The molecule has 0 fully saturated rings. The highest BCUT2D eigenvalue weighted by atomic mass is 16.5. The van der Waals surface area contributed by atoms with Gasteiger partial charge in [-0.3, -0.25) is 0 Å². The second kappa shape index (κ2) is 6.71. The van der Waals surface area contributed by atoms with Gasteiger partial charge in [-0.25, -0.2) is 0 Å². The highest BCUT2D eigenvalue weighted by Gasteiger charge is 1.96. The fourth-order valence-electron chi connectivity index (χ4n) is 1.07. The molecule has 0 aliphatic heterocycles. The van der Waals surface area contributed by atoms with Crippen molar-refractivity contribution in [1.82, 2.24) is 0 Å². The van der Waals surface area contributed by atoms with E-state index in [0.717, 1.165) is 5.56 Å². The van der Waals surface area contributed by atoms with Gasteiger partial charge < -0.3 is 4.74 Å². The Morgan fingerprint density at radius 3 is 2.73 bits per heavy atom. The Morgan fingerprint density at radius 2 is 2.07 bits per heavy atom. The molecule has 0 aliphatic carbocycles. The molecular formula is C14H14O. The molecule has 1 aromatic carbocycles. The molecule has 0 spiro atoms. The van der Waals surface area contributed by atoms with E-state index < -0.39 is 0 Å². The standard InChI is InChI=1S/C14H14O/c1-3-12-15-13(2)8-7-11-14-9-5-4-6-10-14/h1,4-6,9-10,13H,8,12H2,2H3/t13-/m0/s1. The largest absolute Gasteiger partial charge is 0.365 e. The van der Waals surface area contributed by atoms with Crippen LogP contribution in [0.2, 0.25) is 0 Å². The van der Waals surface area contributed by atoms with Crippen LogP contribution in [0.4, 0.5) is 0 Å². The Morgan fingerprint density at radius 1 is 1.33 bits per heavy atom. The molecule has 0 unspecified atom stereocenters. The topological polar surface area (TPSA) is 9.23 Å². The second-order valence-electron chi connectivity index (χ2n) is 3.20. The van der Waals surface area contributed by atoms with Crippen LogP contribution in [0, 0.1) is 24.2 Å². The van der Waals surface area contributed by atoms with Gasteiger partial charge in [-0.15, -0.1) is 6.42 Å². The monoisotopic (exact) mass is 198 g/mol. The van der Waals surface area contributed by atoms with Crippen LogP contribution < -0.4 is 0 Å². The minimum atomic E-state index is 0.0947. The fourth-order valence-corrected chi connectivity index (χ4v) is 1.07. The number of hydrogen-bond donors (Lipinski definition) is 0. The molecule has 0 aliphatic rings. The molecule has 0 radical (unpaired) electrons. The first kappa shape index (κ1) is 11.4. The van der Waals surface area contributed by atoms with Crippen LogP contribution in [0.15, 0.2) is 30.3 Å². The first-order valence-corrected chi connectivity index (χ1v) is 4.92. The summed E-state index contributed by atoms with van der Waals surface area (Å²) >= 11 is 0. The summed E-state index contributed by atoms with van der Waals surface area (Å²) in [5.74, 6) is 8.57. The smallest absolute Gasteiger partial charge is 0.107 e. The maximum atomic E-state index is 5.29. The highest BCUT2D eigenvalue weighted by Crippen LogP contribution is 1.98. The molecule has 0 amide bonds. The molecule has 1 heteroatoms.